The quantitative estimate of drug-likeness (QED) is 0.720. The first kappa shape index (κ1) is 17.2. The van der Waals surface area contributed by atoms with Crippen molar-refractivity contribution < 1.29 is 14.6 Å². The van der Waals surface area contributed by atoms with Crippen LogP contribution in [0.1, 0.15) is 36.1 Å². The number of rotatable bonds is 4. The first-order valence-electron chi connectivity index (χ1n) is 7.72. The van der Waals surface area contributed by atoms with Crippen LogP contribution in [0.2, 0.25) is 0 Å². The Morgan fingerprint density at radius 2 is 2.28 bits per heavy atom. The Balaban J connectivity index is 2.25. The fourth-order valence-corrected chi connectivity index (χ4v) is 3.46. The Labute approximate surface area is 153 Å². The number of aryl methyl sites for hydroxylation is 1. The molecule has 7 nitrogen and oxygen atoms in total. The summed E-state index contributed by atoms with van der Waals surface area (Å²) in [5.41, 5.74) is 8.66. The Morgan fingerprint density at radius 3 is 2.92 bits per heavy atom. The number of aromatic nitrogens is 2. The summed E-state index contributed by atoms with van der Waals surface area (Å²) in [4.78, 5) is 0. The van der Waals surface area contributed by atoms with E-state index >= 15 is 0 Å². The molecule has 8 heteroatoms. The van der Waals surface area contributed by atoms with E-state index in [1.807, 2.05) is 0 Å². The molecule has 130 valence electrons. The third kappa shape index (κ3) is 2.81. The number of H-pyrrole nitrogens is 1. The summed E-state index contributed by atoms with van der Waals surface area (Å²) in [6.07, 6.45) is 1.67. The van der Waals surface area contributed by atoms with Crippen LogP contribution in [0.25, 0.3) is 0 Å². The molecule has 0 unspecified atom stereocenters. The van der Waals surface area contributed by atoms with Crippen molar-refractivity contribution in [2.45, 2.75) is 25.7 Å². The van der Waals surface area contributed by atoms with Gasteiger partial charge in [0.05, 0.1) is 17.5 Å². The number of aromatic amines is 1. The minimum absolute atomic E-state index is 0.00466. The lowest BCUT2D eigenvalue weighted by Crippen LogP contribution is -2.21. The first-order chi connectivity index (χ1) is 12.0. The van der Waals surface area contributed by atoms with Crippen molar-refractivity contribution in [3.63, 3.8) is 0 Å². The third-order valence-electron chi connectivity index (χ3n) is 4.12. The lowest BCUT2D eigenvalue weighted by atomic mass is 9.83. The molecule has 2 heterocycles. The largest absolute Gasteiger partial charge is 0.503 e. The van der Waals surface area contributed by atoms with Gasteiger partial charge in [0.1, 0.15) is 11.6 Å². The molecule has 1 aromatic heterocycles. The summed E-state index contributed by atoms with van der Waals surface area (Å²) in [6.45, 7) is 2.06. The van der Waals surface area contributed by atoms with Gasteiger partial charge in [0.2, 0.25) is 11.8 Å². The van der Waals surface area contributed by atoms with Crippen molar-refractivity contribution in [3.05, 3.63) is 44.9 Å². The summed E-state index contributed by atoms with van der Waals surface area (Å²) < 4.78 is 11.2. The topological polar surface area (TPSA) is 117 Å². The number of phenolic OH excluding ortho intramolecular Hbond substituents is 1. The predicted octanol–water partition coefficient (Wildman–Crippen LogP) is 3.06. The Bertz CT molecular complexity index is 898. The zero-order valence-electron chi connectivity index (χ0n) is 13.8. The first-order valence-corrected chi connectivity index (χ1v) is 8.52. The second kappa shape index (κ2) is 6.69. The smallest absolute Gasteiger partial charge is 0.244 e. The van der Waals surface area contributed by atoms with Crippen LogP contribution in [-0.4, -0.2) is 22.4 Å². The van der Waals surface area contributed by atoms with E-state index in [4.69, 9.17) is 15.2 Å². The molecule has 0 spiro atoms. The second-order valence-corrected chi connectivity index (χ2v) is 6.50. The molecule has 3 rings (SSSR count). The zero-order valence-corrected chi connectivity index (χ0v) is 15.3. The zero-order chi connectivity index (χ0) is 18.1. The van der Waals surface area contributed by atoms with E-state index in [-0.39, 0.29) is 11.6 Å². The third-order valence-corrected chi connectivity index (χ3v) is 4.73. The molecule has 1 aliphatic heterocycles. The van der Waals surface area contributed by atoms with Crippen LogP contribution in [0.15, 0.2) is 28.1 Å². The van der Waals surface area contributed by atoms with Gasteiger partial charge in [0, 0.05) is 11.3 Å². The number of phenols is 1. The van der Waals surface area contributed by atoms with E-state index in [1.54, 1.807) is 12.1 Å². The van der Waals surface area contributed by atoms with Crippen molar-refractivity contribution in [1.82, 2.24) is 10.2 Å². The molecule has 0 aliphatic carbocycles. The number of hydrogen-bond donors (Lipinski definition) is 3. The molecule has 25 heavy (non-hydrogen) atoms. The standard InChI is InChI=1S/C17H17BrN4O3/c1-3-4-11-14-13(8-5-10(18)15(23)12(6-8)24-2)9(7-19)16(20)25-17(14)22-21-11/h5-6,13,23H,3-4,20H2,1-2H3,(H,21,22)/t13-/m0/s1. The van der Waals surface area contributed by atoms with Gasteiger partial charge in [-0.3, -0.25) is 5.10 Å². The maximum atomic E-state index is 10.1. The number of ether oxygens (including phenoxy) is 2. The van der Waals surface area contributed by atoms with Gasteiger partial charge in [-0.05, 0) is 40.0 Å². The molecule has 1 aliphatic rings. The highest BCUT2D eigenvalue weighted by atomic mass is 79.9. The van der Waals surface area contributed by atoms with Crippen LogP contribution >= 0.6 is 15.9 Å². The number of nitrogens with one attached hydrogen (secondary N) is 1. The van der Waals surface area contributed by atoms with Gasteiger partial charge in [-0.25, -0.2) is 0 Å². The minimum atomic E-state index is -0.458. The van der Waals surface area contributed by atoms with Gasteiger partial charge in [0.15, 0.2) is 11.5 Å². The molecule has 0 bridgehead atoms. The van der Waals surface area contributed by atoms with Crippen molar-refractivity contribution in [2.24, 2.45) is 5.73 Å². The SMILES string of the molecule is CCCc1[nH]nc2c1[C@@H](c1cc(Br)c(O)c(OC)c1)C(C#N)=C(N)O2. The molecule has 2 aromatic rings. The average Bonchev–Trinajstić information content (AvgIpc) is 2.98. The highest BCUT2D eigenvalue weighted by molar-refractivity contribution is 9.10. The lowest BCUT2D eigenvalue weighted by molar-refractivity contribution is 0.369. The summed E-state index contributed by atoms with van der Waals surface area (Å²) in [6, 6.07) is 5.57. The van der Waals surface area contributed by atoms with Gasteiger partial charge in [-0.1, -0.05) is 13.3 Å². The van der Waals surface area contributed by atoms with E-state index in [1.165, 1.54) is 7.11 Å². The predicted molar refractivity (Wildman–Crippen MR) is 94.2 cm³/mol. The number of nitriles is 1. The number of nitrogens with two attached hydrogens (primary N) is 1. The summed E-state index contributed by atoms with van der Waals surface area (Å²) >= 11 is 3.33. The van der Waals surface area contributed by atoms with E-state index in [9.17, 15) is 10.4 Å². The number of aromatic hydroxyl groups is 1. The fraction of sp³-hybridized carbons (Fsp3) is 0.294. The van der Waals surface area contributed by atoms with E-state index in [0.717, 1.165) is 29.7 Å². The molecule has 0 saturated carbocycles. The number of hydrogen-bond acceptors (Lipinski definition) is 6. The van der Waals surface area contributed by atoms with Gasteiger partial charge in [0.25, 0.3) is 0 Å². The second-order valence-electron chi connectivity index (χ2n) is 5.65. The number of halogens is 1. The number of benzene rings is 1. The highest BCUT2D eigenvalue weighted by Crippen LogP contribution is 2.46. The molecule has 0 fully saturated rings. The van der Waals surface area contributed by atoms with Gasteiger partial charge < -0.3 is 20.3 Å². The summed E-state index contributed by atoms with van der Waals surface area (Å²) in [5.74, 6) is 0.231. The van der Waals surface area contributed by atoms with Crippen LogP contribution in [0.3, 0.4) is 0 Å². The van der Waals surface area contributed by atoms with Crippen molar-refractivity contribution in [2.75, 3.05) is 7.11 Å². The maximum absolute atomic E-state index is 10.1. The van der Waals surface area contributed by atoms with Gasteiger partial charge >= 0.3 is 0 Å². The van der Waals surface area contributed by atoms with Gasteiger partial charge in [-0.2, -0.15) is 5.26 Å². The average molecular weight is 405 g/mol. The number of methoxy groups -OCH3 is 1. The van der Waals surface area contributed by atoms with E-state index in [0.29, 0.717) is 21.7 Å². The van der Waals surface area contributed by atoms with E-state index < -0.39 is 5.92 Å². The molecule has 0 saturated heterocycles. The Morgan fingerprint density at radius 1 is 1.52 bits per heavy atom. The molecule has 0 amide bonds. The number of allylic oxidation sites excluding steroid dienone is 1. The number of nitrogens with zero attached hydrogens (tertiary/aromatic N) is 2. The summed E-state index contributed by atoms with van der Waals surface area (Å²) in [7, 11) is 1.47. The van der Waals surface area contributed by atoms with Crippen molar-refractivity contribution in [3.8, 4) is 23.4 Å². The minimum Gasteiger partial charge on any atom is -0.503 e. The normalized spacial score (nSPS) is 16.2. The van der Waals surface area contributed by atoms with Crippen molar-refractivity contribution in [1.29, 1.82) is 5.26 Å². The summed E-state index contributed by atoms with van der Waals surface area (Å²) in [5, 5.41) is 26.9. The van der Waals surface area contributed by atoms with Crippen molar-refractivity contribution >= 4 is 15.9 Å². The van der Waals surface area contributed by atoms with Crippen LogP contribution in [-0.2, 0) is 6.42 Å². The Hall–Kier alpha value is -2.66. The van der Waals surface area contributed by atoms with Crippen LogP contribution in [0.4, 0.5) is 0 Å². The molecule has 1 aromatic carbocycles. The van der Waals surface area contributed by atoms with Gasteiger partial charge in [-0.15, -0.1) is 5.10 Å². The van der Waals surface area contributed by atoms with Crippen LogP contribution < -0.4 is 15.2 Å². The molecule has 0 radical (unpaired) electrons. The monoisotopic (exact) mass is 404 g/mol. The van der Waals surface area contributed by atoms with Crippen LogP contribution in [0, 0.1) is 11.3 Å². The fourth-order valence-electron chi connectivity index (χ4n) is 3.00. The highest BCUT2D eigenvalue weighted by Gasteiger charge is 2.35. The van der Waals surface area contributed by atoms with Crippen LogP contribution in [0.5, 0.6) is 17.4 Å². The Kier molecular flexibility index (Phi) is 4.59. The lowest BCUT2D eigenvalue weighted by Gasteiger charge is -2.24. The van der Waals surface area contributed by atoms with E-state index in [2.05, 4.69) is 39.1 Å². The molecular weight excluding hydrogens is 388 g/mol. The molecular formula is C17H17BrN4O3. The molecule has 4 N–H and O–H groups in total. The molecule has 1 atom stereocenters. The number of fused-ring (bicyclic) bond motifs is 1. The maximum Gasteiger partial charge on any atom is 0.244 e.